The molecule has 1 aromatic heterocycles. The first-order valence-corrected chi connectivity index (χ1v) is 7.85. The molecule has 1 fully saturated rings. The number of halogens is 1. The van der Waals surface area contributed by atoms with E-state index in [2.05, 4.69) is 43.7 Å². The van der Waals surface area contributed by atoms with Crippen LogP contribution in [0.25, 0.3) is 11.0 Å². The highest BCUT2D eigenvalue weighted by molar-refractivity contribution is 9.10. The number of nitrogens with one attached hydrogen (secondary N) is 1. The predicted octanol–water partition coefficient (Wildman–Crippen LogP) is 5.36. The molecule has 1 aromatic carbocycles. The van der Waals surface area contributed by atoms with Gasteiger partial charge in [0.1, 0.15) is 0 Å². The van der Waals surface area contributed by atoms with Crippen molar-refractivity contribution in [3.05, 3.63) is 27.4 Å². The first-order valence-electron chi connectivity index (χ1n) is 6.65. The lowest BCUT2D eigenvalue weighted by molar-refractivity contribution is 0.450. The van der Waals surface area contributed by atoms with Crippen molar-refractivity contribution in [1.29, 1.82) is 0 Å². The van der Waals surface area contributed by atoms with Crippen LogP contribution in [0.5, 0.6) is 0 Å². The van der Waals surface area contributed by atoms with Crippen LogP contribution in [0, 0.1) is 4.77 Å². The van der Waals surface area contributed by atoms with Gasteiger partial charge in [-0.2, -0.15) is 0 Å². The Bertz CT molecular complexity index is 606. The fraction of sp³-hybridized carbons (Fsp3) is 0.500. The standard InChI is InChI=1S/C14H17BrN2S/c15-10-7-8-13-12(9-10)16-14(18)17(13)11-5-3-1-2-4-6-11/h7-9,11H,1-6H2,(H,16,18). The normalized spacial score (nSPS) is 18.1. The van der Waals surface area contributed by atoms with Gasteiger partial charge in [-0.15, -0.1) is 0 Å². The lowest BCUT2D eigenvalue weighted by atomic mass is 10.1. The highest BCUT2D eigenvalue weighted by Crippen LogP contribution is 2.31. The Balaban J connectivity index is 2.09. The molecule has 0 bridgehead atoms. The van der Waals surface area contributed by atoms with E-state index < -0.39 is 0 Å². The van der Waals surface area contributed by atoms with Crippen LogP contribution in [-0.4, -0.2) is 9.55 Å². The number of H-pyrrole nitrogens is 1. The summed E-state index contributed by atoms with van der Waals surface area (Å²) in [6.45, 7) is 0. The lowest BCUT2D eigenvalue weighted by Gasteiger charge is -2.17. The molecule has 1 aliphatic rings. The van der Waals surface area contributed by atoms with E-state index in [0.717, 1.165) is 14.8 Å². The summed E-state index contributed by atoms with van der Waals surface area (Å²) >= 11 is 9.02. The van der Waals surface area contributed by atoms with Gasteiger partial charge in [0.2, 0.25) is 0 Å². The summed E-state index contributed by atoms with van der Waals surface area (Å²) in [7, 11) is 0. The van der Waals surface area contributed by atoms with Crippen molar-refractivity contribution in [1.82, 2.24) is 9.55 Å². The number of hydrogen-bond acceptors (Lipinski definition) is 1. The van der Waals surface area contributed by atoms with Crippen molar-refractivity contribution in [3.8, 4) is 0 Å². The molecule has 1 N–H and O–H groups in total. The molecule has 0 aliphatic heterocycles. The molecule has 1 heterocycles. The fourth-order valence-electron chi connectivity index (χ4n) is 2.98. The van der Waals surface area contributed by atoms with E-state index in [1.54, 1.807) is 0 Å². The van der Waals surface area contributed by atoms with Gasteiger partial charge in [0.25, 0.3) is 0 Å². The number of aromatic amines is 1. The van der Waals surface area contributed by atoms with E-state index in [-0.39, 0.29) is 0 Å². The number of aromatic nitrogens is 2. The van der Waals surface area contributed by atoms with E-state index in [4.69, 9.17) is 12.2 Å². The number of fused-ring (bicyclic) bond motifs is 1. The molecule has 2 aromatic rings. The monoisotopic (exact) mass is 324 g/mol. The van der Waals surface area contributed by atoms with Gasteiger partial charge in [0, 0.05) is 10.5 Å². The maximum atomic E-state index is 5.51. The molecular weight excluding hydrogens is 308 g/mol. The largest absolute Gasteiger partial charge is 0.331 e. The van der Waals surface area contributed by atoms with Crippen LogP contribution in [0.2, 0.25) is 0 Å². The third kappa shape index (κ3) is 2.28. The number of rotatable bonds is 1. The summed E-state index contributed by atoms with van der Waals surface area (Å²) in [5, 5.41) is 0. The molecule has 3 rings (SSSR count). The van der Waals surface area contributed by atoms with E-state index in [1.165, 1.54) is 44.0 Å². The zero-order chi connectivity index (χ0) is 12.5. The Morgan fingerprint density at radius 2 is 1.89 bits per heavy atom. The zero-order valence-corrected chi connectivity index (χ0v) is 12.7. The van der Waals surface area contributed by atoms with Crippen molar-refractivity contribution in [2.45, 2.75) is 44.6 Å². The quantitative estimate of drug-likeness (QED) is 0.553. The molecule has 0 radical (unpaired) electrons. The molecule has 4 heteroatoms. The number of hydrogen-bond donors (Lipinski definition) is 1. The summed E-state index contributed by atoms with van der Waals surface area (Å²) in [6, 6.07) is 6.95. The Hall–Kier alpha value is -0.610. The topological polar surface area (TPSA) is 20.7 Å². The zero-order valence-electron chi connectivity index (χ0n) is 10.3. The molecule has 18 heavy (non-hydrogen) atoms. The van der Waals surface area contributed by atoms with E-state index in [9.17, 15) is 0 Å². The van der Waals surface area contributed by atoms with Gasteiger partial charge < -0.3 is 9.55 Å². The van der Waals surface area contributed by atoms with E-state index in [1.807, 2.05) is 0 Å². The molecular formula is C14H17BrN2S. The van der Waals surface area contributed by atoms with Crippen molar-refractivity contribution in [2.24, 2.45) is 0 Å². The first kappa shape index (κ1) is 12.4. The van der Waals surface area contributed by atoms with Crippen LogP contribution in [0.15, 0.2) is 22.7 Å². The van der Waals surface area contributed by atoms with Crippen molar-refractivity contribution >= 4 is 39.2 Å². The second kappa shape index (κ2) is 5.17. The molecule has 2 nitrogen and oxygen atoms in total. The lowest BCUT2D eigenvalue weighted by Crippen LogP contribution is -2.07. The highest BCUT2D eigenvalue weighted by atomic mass is 79.9. The Morgan fingerprint density at radius 3 is 2.61 bits per heavy atom. The Labute approximate surface area is 121 Å². The summed E-state index contributed by atoms with van der Waals surface area (Å²) in [6.07, 6.45) is 7.93. The number of nitrogens with zero attached hydrogens (tertiary/aromatic N) is 1. The van der Waals surface area contributed by atoms with Crippen LogP contribution in [0.1, 0.15) is 44.6 Å². The van der Waals surface area contributed by atoms with Gasteiger partial charge >= 0.3 is 0 Å². The molecule has 0 unspecified atom stereocenters. The van der Waals surface area contributed by atoms with Gasteiger partial charge in [0.15, 0.2) is 4.77 Å². The van der Waals surface area contributed by atoms with Crippen molar-refractivity contribution in [3.63, 3.8) is 0 Å². The summed E-state index contributed by atoms with van der Waals surface area (Å²) in [5.41, 5.74) is 2.38. The molecule has 0 saturated heterocycles. The van der Waals surface area contributed by atoms with Crippen molar-refractivity contribution < 1.29 is 0 Å². The van der Waals surface area contributed by atoms with Gasteiger partial charge in [0.05, 0.1) is 11.0 Å². The molecule has 0 spiro atoms. The van der Waals surface area contributed by atoms with Gasteiger partial charge in [-0.3, -0.25) is 0 Å². The smallest absolute Gasteiger partial charge is 0.178 e. The van der Waals surface area contributed by atoms with E-state index in [0.29, 0.717) is 6.04 Å². The van der Waals surface area contributed by atoms with Crippen molar-refractivity contribution in [2.75, 3.05) is 0 Å². The third-order valence-corrected chi connectivity index (χ3v) is 4.66. The minimum Gasteiger partial charge on any atom is -0.331 e. The minimum atomic E-state index is 0.579. The summed E-state index contributed by atoms with van der Waals surface area (Å²) in [4.78, 5) is 3.33. The number of benzene rings is 1. The third-order valence-electron chi connectivity index (χ3n) is 3.87. The molecule has 0 atom stereocenters. The summed E-state index contributed by atoms with van der Waals surface area (Å²) in [5.74, 6) is 0. The second-order valence-corrected chi connectivity index (χ2v) is 6.41. The van der Waals surface area contributed by atoms with Crippen LogP contribution >= 0.6 is 28.1 Å². The van der Waals surface area contributed by atoms with Crippen LogP contribution < -0.4 is 0 Å². The van der Waals surface area contributed by atoms with E-state index >= 15 is 0 Å². The number of imidazole rings is 1. The van der Waals surface area contributed by atoms with Gasteiger partial charge in [-0.25, -0.2) is 0 Å². The molecule has 1 aliphatic carbocycles. The Kier molecular flexibility index (Phi) is 3.57. The molecule has 96 valence electrons. The highest BCUT2D eigenvalue weighted by Gasteiger charge is 2.17. The van der Waals surface area contributed by atoms with Crippen LogP contribution in [0.3, 0.4) is 0 Å². The average Bonchev–Trinajstić information content (AvgIpc) is 2.54. The second-order valence-electron chi connectivity index (χ2n) is 5.11. The predicted molar refractivity (Wildman–Crippen MR) is 81.6 cm³/mol. The fourth-order valence-corrected chi connectivity index (χ4v) is 3.70. The SMILES string of the molecule is S=c1[nH]c2cc(Br)ccc2n1C1CCCCCC1. The van der Waals surface area contributed by atoms with Gasteiger partial charge in [-0.1, -0.05) is 41.6 Å². The molecule has 1 saturated carbocycles. The van der Waals surface area contributed by atoms with Gasteiger partial charge in [-0.05, 0) is 43.3 Å². The molecule has 0 amide bonds. The van der Waals surface area contributed by atoms with Crippen LogP contribution in [0.4, 0.5) is 0 Å². The Morgan fingerprint density at radius 1 is 1.17 bits per heavy atom. The van der Waals surface area contributed by atoms with Crippen LogP contribution in [-0.2, 0) is 0 Å². The maximum absolute atomic E-state index is 5.51. The average molecular weight is 325 g/mol. The summed E-state index contributed by atoms with van der Waals surface area (Å²) < 4.78 is 4.30. The first-order chi connectivity index (χ1) is 8.75. The minimum absolute atomic E-state index is 0.579. The maximum Gasteiger partial charge on any atom is 0.178 e.